The second-order valence-electron chi connectivity index (χ2n) is 6.06. The van der Waals surface area contributed by atoms with Crippen molar-refractivity contribution < 1.29 is 17.9 Å². The summed E-state index contributed by atoms with van der Waals surface area (Å²) in [5.74, 6) is 0.0378. The molecule has 0 saturated heterocycles. The highest BCUT2D eigenvalue weighted by Gasteiger charge is 2.15. The highest BCUT2D eigenvalue weighted by Crippen LogP contribution is 2.22. The number of hydrazine groups is 1. The molecule has 6 nitrogen and oxygen atoms in total. The van der Waals surface area contributed by atoms with Crippen molar-refractivity contribution in [2.75, 3.05) is 6.61 Å². The summed E-state index contributed by atoms with van der Waals surface area (Å²) in [4.78, 5) is 14.1. The van der Waals surface area contributed by atoms with Crippen LogP contribution in [-0.2, 0) is 21.2 Å². The van der Waals surface area contributed by atoms with Crippen LogP contribution >= 0.6 is 0 Å². The lowest BCUT2D eigenvalue weighted by Gasteiger charge is -2.12. The number of rotatable bonds is 8. The average Bonchev–Trinajstić information content (AvgIpc) is 2.60. The van der Waals surface area contributed by atoms with Gasteiger partial charge in [0.25, 0.3) is 15.9 Å². The summed E-state index contributed by atoms with van der Waals surface area (Å²) in [6.45, 7) is 5.53. The molecule has 0 aliphatic heterocycles. The third-order valence-corrected chi connectivity index (χ3v) is 5.12. The van der Waals surface area contributed by atoms with Gasteiger partial charge in [-0.15, -0.1) is 4.83 Å². The first kappa shape index (κ1) is 19.9. The number of hydrogen-bond acceptors (Lipinski definition) is 4. The van der Waals surface area contributed by atoms with Crippen molar-refractivity contribution in [3.8, 4) is 5.75 Å². The minimum absolute atomic E-state index is 0.0910. The van der Waals surface area contributed by atoms with Crippen LogP contribution in [0.4, 0.5) is 0 Å². The number of nitrogens with one attached hydrogen (secondary N) is 2. The van der Waals surface area contributed by atoms with Gasteiger partial charge < -0.3 is 4.74 Å². The van der Waals surface area contributed by atoms with Crippen molar-refractivity contribution in [2.45, 2.75) is 38.5 Å². The van der Waals surface area contributed by atoms with Gasteiger partial charge in [0.15, 0.2) is 6.61 Å². The Kier molecular flexibility index (Phi) is 6.76. The number of hydrogen-bond donors (Lipinski definition) is 2. The summed E-state index contributed by atoms with van der Waals surface area (Å²) >= 11 is 0. The molecule has 0 unspecified atom stereocenters. The number of carbonyl (C=O) groups is 1. The molecule has 0 atom stereocenters. The maximum atomic E-state index is 12.2. The van der Waals surface area contributed by atoms with E-state index in [-0.39, 0.29) is 11.5 Å². The standard InChI is InChI=1S/C19H24N2O4S/c1-4-6-16-9-11-17(12-10-16)26(23,24)21-20-18(22)13-25-19-14(2)7-5-8-15(19)3/h5,7-12,21H,4,6,13H2,1-3H3,(H,20,22). The monoisotopic (exact) mass is 376 g/mol. The molecule has 0 heterocycles. The van der Waals surface area contributed by atoms with Gasteiger partial charge in [0.1, 0.15) is 5.75 Å². The Morgan fingerprint density at radius 3 is 2.23 bits per heavy atom. The second kappa shape index (κ2) is 8.82. The molecule has 7 heteroatoms. The van der Waals surface area contributed by atoms with Crippen LogP contribution in [0.2, 0.25) is 0 Å². The molecule has 140 valence electrons. The summed E-state index contributed by atoms with van der Waals surface area (Å²) in [5.41, 5.74) is 5.05. The van der Waals surface area contributed by atoms with Crippen molar-refractivity contribution in [1.29, 1.82) is 0 Å². The zero-order valence-corrected chi connectivity index (χ0v) is 16.0. The molecule has 0 aromatic heterocycles. The van der Waals surface area contributed by atoms with E-state index in [1.54, 1.807) is 12.1 Å². The van der Waals surface area contributed by atoms with Gasteiger partial charge in [-0.05, 0) is 49.1 Å². The number of sulfonamides is 1. The van der Waals surface area contributed by atoms with Crippen molar-refractivity contribution >= 4 is 15.9 Å². The van der Waals surface area contributed by atoms with Gasteiger partial charge in [0, 0.05) is 0 Å². The lowest BCUT2D eigenvalue weighted by atomic mass is 10.1. The fraction of sp³-hybridized carbons (Fsp3) is 0.316. The normalized spacial score (nSPS) is 11.2. The van der Waals surface area contributed by atoms with Crippen molar-refractivity contribution in [3.05, 3.63) is 59.2 Å². The van der Waals surface area contributed by atoms with Crippen LogP contribution in [0, 0.1) is 13.8 Å². The van der Waals surface area contributed by atoms with Crippen LogP contribution in [-0.4, -0.2) is 20.9 Å². The summed E-state index contributed by atoms with van der Waals surface area (Å²) in [6.07, 6.45) is 1.88. The molecular weight excluding hydrogens is 352 g/mol. The van der Waals surface area contributed by atoms with Crippen molar-refractivity contribution in [1.82, 2.24) is 10.3 Å². The molecule has 2 aromatic rings. The Balaban J connectivity index is 1.91. The molecule has 0 fully saturated rings. The molecule has 0 saturated carbocycles. The Labute approximate surface area is 154 Å². The van der Waals surface area contributed by atoms with Gasteiger partial charge in [0.05, 0.1) is 4.90 Å². The van der Waals surface area contributed by atoms with Crippen LogP contribution < -0.4 is 15.0 Å². The lowest BCUT2D eigenvalue weighted by Crippen LogP contribution is -2.43. The largest absolute Gasteiger partial charge is 0.483 e. The highest BCUT2D eigenvalue weighted by atomic mass is 32.2. The molecule has 0 bridgehead atoms. The third-order valence-electron chi connectivity index (χ3n) is 3.85. The molecule has 0 radical (unpaired) electrons. The highest BCUT2D eigenvalue weighted by molar-refractivity contribution is 7.89. The minimum atomic E-state index is -3.82. The van der Waals surface area contributed by atoms with E-state index >= 15 is 0 Å². The fourth-order valence-corrected chi connectivity index (χ4v) is 3.37. The van der Waals surface area contributed by atoms with E-state index in [0.29, 0.717) is 5.75 Å². The minimum Gasteiger partial charge on any atom is -0.483 e. The van der Waals surface area contributed by atoms with E-state index in [4.69, 9.17) is 4.74 Å². The van der Waals surface area contributed by atoms with Gasteiger partial charge in [0.2, 0.25) is 0 Å². The van der Waals surface area contributed by atoms with Crippen molar-refractivity contribution in [3.63, 3.8) is 0 Å². The Morgan fingerprint density at radius 1 is 1.04 bits per heavy atom. The van der Waals surface area contributed by atoms with Crippen LogP contribution in [0.15, 0.2) is 47.4 Å². The summed E-state index contributed by atoms with van der Waals surface area (Å²) in [6, 6.07) is 12.2. The third kappa shape index (κ3) is 5.31. The smallest absolute Gasteiger partial charge is 0.272 e. The summed E-state index contributed by atoms with van der Waals surface area (Å²) in [5, 5.41) is 0. The van der Waals surface area contributed by atoms with Crippen molar-refractivity contribution in [2.24, 2.45) is 0 Å². The van der Waals surface area contributed by atoms with Gasteiger partial charge >= 0.3 is 0 Å². The molecule has 2 N–H and O–H groups in total. The van der Waals surface area contributed by atoms with Crippen LogP contribution in [0.3, 0.4) is 0 Å². The molecule has 1 amide bonds. The van der Waals surface area contributed by atoms with E-state index in [9.17, 15) is 13.2 Å². The topological polar surface area (TPSA) is 84.5 Å². The van der Waals surface area contributed by atoms with Crippen LogP contribution in [0.1, 0.15) is 30.0 Å². The number of para-hydroxylation sites is 1. The number of amides is 1. The second-order valence-corrected chi connectivity index (χ2v) is 7.74. The van der Waals surface area contributed by atoms with Gasteiger partial charge in [-0.1, -0.05) is 43.7 Å². The Hall–Kier alpha value is -2.38. The Bertz CT molecular complexity index is 841. The summed E-state index contributed by atoms with van der Waals surface area (Å²) in [7, 11) is -3.82. The van der Waals surface area contributed by atoms with E-state index in [1.165, 1.54) is 12.1 Å². The SMILES string of the molecule is CCCc1ccc(S(=O)(=O)NNC(=O)COc2c(C)cccc2C)cc1. The van der Waals surface area contributed by atoms with E-state index in [0.717, 1.165) is 29.5 Å². The molecule has 0 aliphatic carbocycles. The number of aryl methyl sites for hydroxylation is 3. The molecule has 2 rings (SSSR count). The molecule has 26 heavy (non-hydrogen) atoms. The quantitative estimate of drug-likeness (QED) is 0.694. The number of benzene rings is 2. The molecule has 0 aliphatic rings. The molecule has 0 spiro atoms. The van der Waals surface area contributed by atoms with Crippen LogP contribution in [0.25, 0.3) is 0 Å². The van der Waals surface area contributed by atoms with Crippen LogP contribution in [0.5, 0.6) is 5.75 Å². The zero-order valence-electron chi connectivity index (χ0n) is 15.2. The molecular formula is C19H24N2O4S. The predicted octanol–water partition coefficient (Wildman–Crippen LogP) is 2.64. The number of carbonyl (C=O) groups excluding carboxylic acids is 1. The number of ether oxygens (including phenoxy) is 1. The van der Waals surface area contributed by atoms with E-state index in [1.807, 2.05) is 32.0 Å². The first-order valence-electron chi connectivity index (χ1n) is 8.42. The van der Waals surface area contributed by atoms with Gasteiger partial charge in [-0.2, -0.15) is 0 Å². The first-order chi connectivity index (χ1) is 12.3. The average molecular weight is 376 g/mol. The maximum absolute atomic E-state index is 12.2. The maximum Gasteiger partial charge on any atom is 0.272 e. The van der Waals surface area contributed by atoms with E-state index in [2.05, 4.69) is 17.2 Å². The molecule has 2 aromatic carbocycles. The lowest BCUT2D eigenvalue weighted by molar-refractivity contribution is -0.123. The predicted molar refractivity (Wildman–Crippen MR) is 100 cm³/mol. The summed E-state index contributed by atoms with van der Waals surface area (Å²) < 4.78 is 29.9. The van der Waals surface area contributed by atoms with Gasteiger partial charge in [-0.25, -0.2) is 8.42 Å². The fourth-order valence-electron chi connectivity index (χ4n) is 2.51. The zero-order chi connectivity index (χ0) is 19.2. The first-order valence-corrected chi connectivity index (χ1v) is 9.90. The van der Waals surface area contributed by atoms with Gasteiger partial charge in [-0.3, -0.25) is 10.2 Å². The van der Waals surface area contributed by atoms with E-state index < -0.39 is 15.9 Å². The Morgan fingerprint density at radius 2 is 1.65 bits per heavy atom.